The van der Waals surface area contributed by atoms with E-state index in [2.05, 4.69) is 10.1 Å². The minimum atomic E-state index is -4.66. The molecule has 0 unspecified atom stereocenters. The number of carbonyl (C=O) groups is 3. The summed E-state index contributed by atoms with van der Waals surface area (Å²) in [6, 6.07) is 0.619. The first kappa shape index (κ1) is 19.9. The van der Waals surface area contributed by atoms with Crippen LogP contribution in [-0.4, -0.2) is 53.2 Å². The maximum atomic E-state index is 12.8. The molecule has 1 aromatic rings. The summed E-state index contributed by atoms with van der Waals surface area (Å²) >= 11 is 5.86. The Balaban J connectivity index is 1.89. The lowest BCUT2D eigenvalue weighted by Crippen LogP contribution is -2.46. The largest absolute Gasteiger partial charge is 0.461 e. The first-order valence-corrected chi connectivity index (χ1v) is 8.20. The van der Waals surface area contributed by atoms with Crippen LogP contribution in [0.25, 0.3) is 0 Å². The summed E-state index contributed by atoms with van der Waals surface area (Å²) in [5.41, 5.74) is -1.46. The molecule has 9 nitrogen and oxygen atoms in total. The number of rotatable bonds is 4. The van der Waals surface area contributed by atoms with E-state index in [1.165, 1.54) is 7.05 Å². The van der Waals surface area contributed by atoms with Crippen molar-refractivity contribution in [1.82, 2.24) is 9.99 Å². The van der Waals surface area contributed by atoms with E-state index >= 15 is 0 Å². The first-order valence-electron chi connectivity index (χ1n) is 7.83. The maximum Gasteiger partial charge on any atom is 0.417 e. The Morgan fingerprint density at radius 1 is 1.39 bits per heavy atom. The Hall–Kier alpha value is -2.89. The van der Waals surface area contributed by atoms with Crippen LogP contribution in [0.2, 0.25) is 5.02 Å². The van der Waals surface area contributed by atoms with Gasteiger partial charge in [0.1, 0.15) is 5.92 Å². The summed E-state index contributed by atoms with van der Waals surface area (Å²) in [4.78, 5) is 45.7. The van der Waals surface area contributed by atoms with E-state index < -0.39 is 46.6 Å². The Kier molecular flexibility index (Phi) is 4.91. The zero-order chi connectivity index (χ0) is 20.8. The zero-order valence-electron chi connectivity index (χ0n) is 14.4. The lowest BCUT2D eigenvalue weighted by molar-refractivity contribution is -0.143. The van der Waals surface area contributed by atoms with Gasteiger partial charge >= 0.3 is 12.1 Å². The molecule has 0 bridgehead atoms. The number of halogens is 4. The highest BCUT2D eigenvalue weighted by Gasteiger charge is 2.59. The topological polar surface area (TPSA) is 101 Å². The molecule has 28 heavy (non-hydrogen) atoms. The number of hydrazine groups is 1. The third-order valence-electron chi connectivity index (χ3n) is 4.03. The van der Waals surface area contributed by atoms with Gasteiger partial charge in [0, 0.05) is 13.2 Å². The van der Waals surface area contributed by atoms with Gasteiger partial charge in [-0.25, -0.2) is 9.78 Å². The van der Waals surface area contributed by atoms with Crippen molar-refractivity contribution in [3.8, 4) is 0 Å². The van der Waals surface area contributed by atoms with Crippen molar-refractivity contribution >= 4 is 40.9 Å². The number of aromatic nitrogens is 1. The van der Waals surface area contributed by atoms with Crippen LogP contribution < -0.4 is 5.01 Å². The Bertz CT molecular complexity index is 891. The molecule has 0 N–H and O–H groups in total. The predicted octanol–water partition coefficient (Wildman–Crippen LogP) is 1.41. The molecule has 1 fully saturated rings. The molecule has 13 heteroatoms. The molecule has 0 saturated carbocycles. The van der Waals surface area contributed by atoms with E-state index in [-0.39, 0.29) is 18.1 Å². The summed E-state index contributed by atoms with van der Waals surface area (Å²) in [6.07, 6.45) is -5.53. The van der Waals surface area contributed by atoms with Gasteiger partial charge in [-0.2, -0.15) is 18.2 Å². The number of hydrogen-bond acceptors (Lipinski definition) is 8. The fraction of sp³-hybridized carbons (Fsp3) is 0.400. The normalized spacial score (nSPS) is 21.4. The minimum absolute atomic E-state index is 0.0199. The van der Waals surface area contributed by atoms with E-state index in [1.54, 1.807) is 6.92 Å². The van der Waals surface area contributed by atoms with Crippen molar-refractivity contribution < 1.29 is 37.1 Å². The summed E-state index contributed by atoms with van der Waals surface area (Å²) < 4.78 is 43.1. The van der Waals surface area contributed by atoms with Crippen LogP contribution >= 0.6 is 11.6 Å². The predicted molar refractivity (Wildman–Crippen MR) is 86.9 cm³/mol. The lowest BCUT2D eigenvalue weighted by Gasteiger charge is -2.28. The second-order valence-corrected chi connectivity index (χ2v) is 6.15. The van der Waals surface area contributed by atoms with Crippen LogP contribution in [0.15, 0.2) is 17.4 Å². The highest BCUT2D eigenvalue weighted by molar-refractivity contribution is 6.43. The van der Waals surface area contributed by atoms with Crippen molar-refractivity contribution in [3.05, 3.63) is 22.8 Å². The summed E-state index contributed by atoms with van der Waals surface area (Å²) in [6.45, 7) is 1.57. The van der Waals surface area contributed by atoms with E-state index in [4.69, 9.17) is 21.2 Å². The van der Waals surface area contributed by atoms with E-state index in [0.717, 1.165) is 5.01 Å². The molecule has 3 rings (SSSR count). The fourth-order valence-corrected chi connectivity index (χ4v) is 3.04. The molecule has 150 valence electrons. The molecule has 2 aliphatic rings. The molecule has 3 heterocycles. The molecule has 0 aliphatic carbocycles. The first-order chi connectivity index (χ1) is 13.1. The Morgan fingerprint density at radius 2 is 2.07 bits per heavy atom. The van der Waals surface area contributed by atoms with Crippen molar-refractivity contribution in [2.45, 2.75) is 19.2 Å². The Labute approximate surface area is 160 Å². The van der Waals surface area contributed by atoms with Gasteiger partial charge in [-0.1, -0.05) is 16.8 Å². The van der Waals surface area contributed by atoms with Crippen LogP contribution in [-0.2, 0) is 30.1 Å². The summed E-state index contributed by atoms with van der Waals surface area (Å²) in [5.74, 6) is -4.27. The lowest BCUT2D eigenvalue weighted by atomic mass is 10.00. The molecular formula is C15H12ClF3N4O5. The van der Waals surface area contributed by atoms with Gasteiger partial charge in [0.2, 0.25) is 6.10 Å². The highest BCUT2D eigenvalue weighted by Crippen LogP contribution is 2.36. The van der Waals surface area contributed by atoms with Gasteiger partial charge in [0.05, 0.1) is 17.2 Å². The number of ether oxygens (including phenoxy) is 1. The number of alkyl halides is 3. The van der Waals surface area contributed by atoms with Crippen LogP contribution in [0.5, 0.6) is 0 Å². The second-order valence-electron chi connectivity index (χ2n) is 5.74. The number of nitrogens with zero attached hydrogens (tertiary/aromatic N) is 4. The smallest absolute Gasteiger partial charge is 0.417 e. The van der Waals surface area contributed by atoms with Gasteiger partial charge in [0.25, 0.3) is 11.8 Å². The molecule has 2 amide bonds. The quantitative estimate of drug-likeness (QED) is 0.536. The van der Waals surface area contributed by atoms with Crippen molar-refractivity contribution in [1.29, 1.82) is 0 Å². The van der Waals surface area contributed by atoms with Gasteiger partial charge in [-0.3, -0.25) is 14.6 Å². The average molecular weight is 421 g/mol. The number of pyridine rings is 1. The standard InChI is InChI=1S/C15H12ClF3N4O5/c1-3-27-14(26)9-8-10(28-21-9)13(25)23(12(8)24)22(2)11-7(16)4-6(5-20-11)15(17,18)19/h4-5,8,10H,3H2,1-2H3/t8-,10+/m0/s1. The van der Waals surface area contributed by atoms with Crippen molar-refractivity contribution in [2.24, 2.45) is 11.1 Å². The molecule has 0 spiro atoms. The van der Waals surface area contributed by atoms with Crippen molar-refractivity contribution in [3.63, 3.8) is 0 Å². The van der Waals surface area contributed by atoms with Crippen molar-refractivity contribution in [2.75, 3.05) is 18.7 Å². The number of imide groups is 1. The van der Waals surface area contributed by atoms with Crippen LogP contribution in [0, 0.1) is 5.92 Å². The van der Waals surface area contributed by atoms with E-state index in [1.807, 2.05) is 0 Å². The molecule has 2 atom stereocenters. The Morgan fingerprint density at radius 3 is 2.64 bits per heavy atom. The van der Waals surface area contributed by atoms with Crippen LogP contribution in [0.3, 0.4) is 0 Å². The number of esters is 1. The van der Waals surface area contributed by atoms with Gasteiger partial charge < -0.3 is 9.57 Å². The third kappa shape index (κ3) is 3.13. The fourth-order valence-electron chi connectivity index (χ4n) is 2.75. The average Bonchev–Trinajstić information content (AvgIpc) is 3.14. The van der Waals surface area contributed by atoms with Gasteiger partial charge in [-0.15, -0.1) is 0 Å². The van der Waals surface area contributed by atoms with Gasteiger partial charge in [-0.05, 0) is 13.0 Å². The number of anilines is 1. The summed E-state index contributed by atoms with van der Waals surface area (Å²) in [5, 5.41) is 4.49. The maximum absolute atomic E-state index is 12.8. The number of hydrogen-bond donors (Lipinski definition) is 0. The SMILES string of the molecule is CCOC(=O)C1=NO[C@H]2C(=O)N(N(C)c3ncc(C(F)(F)F)cc3Cl)C(=O)[C@@H]12. The van der Waals surface area contributed by atoms with Crippen LogP contribution in [0.4, 0.5) is 19.0 Å². The molecule has 1 aromatic heterocycles. The second kappa shape index (κ2) is 6.93. The molecule has 1 saturated heterocycles. The molecule has 0 aromatic carbocycles. The van der Waals surface area contributed by atoms with E-state index in [9.17, 15) is 27.6 Å². The monoisotopic (exact) mass is 420 g/mol. The highest BCUT2D eigenvalue weighted by atomic mass is 35.5. The number of oxime groups is 1. The number of fused-ring (bicyclic) bond motifs is 1. The minimum Gasteiger partial charge on any atom is -0.461 e. The number of carbonyl (C=O) groups excluding carboxylic acids is 3. The molecule has 2 aliphatic heterocycles. The molecule has 0 radical (unpaired) electrons. The molecular weight excluding hydrogens is 409 g/mol. The zero-order valence-corrected chi connectivity index (χ0v) is 15.1. The third-order valence-corrected chi connectivity index (χ3v) is 4.31. The van der Waals surface area contributed by atoms with Crippen LogP contribution in [0.1, 0.15) is 12.5 Å². The summed E-state index contributed by atoms with van der Waals surface area (Å²) in [7, 11) is 1.21. The van der Waals surface area contributed by atoms with Gasteiger partial charge in [0.15, 0.2) is 11.5 Å². The van der Waals surface area contributed by atoms with E-state index in [0.29, 0.717) is 17.3 Å². The number of amides is 2.